The van der Waals surface area contributed by atoms with E-state index in [1.54, 1.807) is 13.8 Å². The molecule has 3 heterocycles. The van der Waals surface area contributed by atoms with E-state index in [1.807, 2.05) is 31.6 Å². The Bertz CT molecular complexity index is 1070. The van der Waals surface area contributed by atoms with Crippen LogP contribution >= 0.6 is 0 Å². The smallest absolute Gasteiger partial charge is 0.155 e. The Kier molecular flexibility index (Phi) is 3.44. The second-order valence-corrected chi connectivity index (χ2v) is 7.01. The quantitative estimate of drug-likeness (QED) is 0.595. The van der Waals surface area contributed by atoms with Crippen molar-refractivity contribution in [3.63, 3.8) is 0 Å². The molecule has 4 aromatic rings. The zero-order chi connectivity index (χ0) is 17.8. The normalized spacial score (nSPS) is 12.4. The van der Waals surface area contributed by atoms with Crippen molar-refractivity contribution in [1.29, 1.82) is 0 Å². The summed E-state index contributed by atoms with van der Waals surface area (Å²) in [5, 5.41) is 10.2. The van der Waals surface area contributed by atoms with Crippen LogP contribution < -0.4 is 0 Å². The van der Waals surface area contributed by atoms with E-state index in [2.05, 4.69) is 33.4 Å². The van der Waals surface area contributed by atoms with Crippen LogP contribution in [0.4, 0.5) is 0 Å². The zero-order valence-electron chi connectivity index (χ0n) is 15.0. The van der Waals surface area contributed by atoms with Crippen LogP contribution in [0.25, 0.3) is 27.9 Å². The minimum Gasteiger partial charge on any atom is -0.386 e. The Hall–Kier alpha value is -2.66. The number of aryl methyl sites for hydroxylation is 2. The molecule has 1 aromatic carbocycles. The summed E-state index contributed by atoms with van der Waals surface area (Å²) in [7, 11) is 0. The van der Waals surface area contributed by atoms with Crippen molar-refractivity contribution in [2.45, 2.75) is 39.7 Å². The highest BCUT2D eigenvalue weighted by molar-refractivity contribution is 5.88. The summed E-state index contributed by atoms with van der Waals surface area (Å²) in [6.07, 6.45) is 4.59. The minimum absolute atomic E-state index is 0.839. The molecule has 0 radical (unpaired) electrons. The second kappa shape index (κ2) is 5.43. The van der Waals surface area contributed by atoms with Gasteiger partial charge in [-0.15, -0.1) is 0 Å². The Labute approximate surface area is 146 Å². The van der Waals surface area contributed by atoms with E-state index in [0.717, 1.165) is 45.6 Å². The summed E-state index contributed by atoms with van der Waals surface area (Å²) < 4.78 is 2.11. The van der Waals surface area contributed by atoms with Crippen molar-refractivity contribution in [3.8, 4) is 11.3 Å². The lowest BCUT2D eigenvalue weighted by Crippen LogP contribution is -2.14. The standard InChI is InChI=1S/C20H22N4O/c1-5-15-17(13-6-8-14(9-7-13)20(3,4)25)23-19-18(15)24-11-21-10-16(24)12(2)22-19/h6-11,23,25H,5H2,1-4H3. The van der Waals surface area contributed by atoms with Gasteiger partial charge in [0.2, 0.25) is 0 Å². The van der Waals surface area contributed by atoms with Crippen LogP contribution in [0.15, 0.2) is 36.8 Å². The van der Waals surface area contributed by atoms with Gasteiger partial charge in [0, 0.05) is 5.56 Å². The molecule has 0 saturated heterocycles. The Balaban J connectivity index is 1.96. The first-order valence-corrected chi connectivity index (χ1v) is 8.56. The van der Waals surface area contributed by atoms with Crippen LogP contribution in [0.5, 0.6) is 0 Å². The number of fused-ring (bicyclic) bond motifs is 3. The fourth-order valence-corrected chi connectivity index (χ4v) is 3.46. The van der Waals surface area contributed by atoms with E-state index in [4.69, 9.17) is 4.98 Å². The van der Waals surface area contributed by atoms with Gasteiger partial charge in [0.15, 0.2) is 5.65 Å². The van der Waals surface area contributed by atoms with Crippen LogP contribution in [-0.4, -0.2) is 24.5 Å². The molecule has 3 aromatic heterocycles. The summed E-state index contributed by atoms with van der Waals surface area (Å²) in [5.41, 5.74) is 7.40. The third-order valence-electron chi connectivity index (χ3n) is 4.82. The van der Waals surface area contributed by atoms with Crippen molar-refractivity contribution in [1.82, 2.24) is 19.4 Å². The van der Waals surface area contributed by atoms with Crippen LogP contribution in [0.3, 0.4) is 0 Å². The highest BCUT2D eigenvalue weighted by Crippen LogP contribution is 2.32. The van der Waals surface area contributed by atoms with Gasteiger partial charge in [-0.3, -0.25) is 4.40 Å². The number of hydrogen-bond acceptors (Lipinski definition) is 3. The number of aromatic nitrogens is 4. The number of imidazole rings is 1. The molecule has 0 unspecified atom stereocenters. The molecule has 2 N–H and O–H groups in total. The van der Waals surface area contributed by atoms with E-state index in [0.29, 0.717) is 0 Å². The Morgan fingerprint density at radius 2 is 1.92 bits per heavy atom. The van der Waals surface area contributed by atoms with Gasteiger partial charge in [-0.2, -0.15) is 0 Å². The molecule has 4 rings (SSSR count). The number of nitrogens with zero attached hydrogens (tertiary/aromatic N) is 3. The number of nitrogens with one attached hydrogen (secondary N) is 1. The zero-order valence-corrected chi connectivity index (χ0v) is 15.0. The molecule has 0 aliphatic heterocycles. The van der Waals surface area contributed by atoms with Gasteiger partial charge in [-0.05, 0) is 38.3 Å². The maximum Gasteiger partial charge on any atom is 0.155 e. The van der Waals surface area contributed by atoms with E-state index in [1.165, 1.54) is 5.56 Å². The van der Waals surface area contributed by atoms with Crippen LogP contribution in [0.2, 0.25) is 0 Å². The average molecular weight is 334 g/mol. The lowest BCUT2D eigenvalue weighted by atomic mass is 9.96. The van der Waals surface area contributed by atoms with Gasteiger partial charge >= 0.3 is 0 Å². The molecule has 0 saturated carbocycles. The van der Waals surface area contributed by atoms with E-state index >= 15 is 0 Å². The van der Waals surface area contributed by atoms with Crippen LogP contribution in [-0.2, 0) is 12.0 Å². The van der Waals surface area contributed by atoms with E-state index in [9.17, 15) is 5.11 Å². The fourth-order valence-electron chi connectivity index (χ4n) is 3.46. The largest absolute Gasteiger partial charge is 0.386 e. The average Bonchev–Trinajstić information content (AvgIpc) is 3.18. The van der Waals surface area contributed by atoms with E-state index < -0.39 is 5.60 Å². The van der Waals surface area contributed by atoms with Crippen molar-refractivity contribution < 1.29 is 5.11 Å². The molecule has 0 aliphatic rings. The van der Waals surface area contributed by atoms with Gasteiger partial charge in [0.25, 0.3) is 0 Å². The van der Waals surface area contributed by atoms with Crippen LogP contribution in [0.1, 0.15) is 37.6 Å². The SMILES string of the molecule is CCc1c(-c2ccc(C(C)(C)O)cc2)[nH]c2nc(C)c3cncn3c12. The van der Waals surface area contributed by atoms with Gasteiger partial charge in [0.05, 0.1) is 40.5 Å². The molecule has 25 heavy (non-hydrogen) atoms. The predicted molar refractivity (Wildman–Crippen MR) is 99.6 cm³/mol. The number of hydrogen-bond donors (Lipinski definition) is 2. The number of benzene rings is 1. The first-order chi connectivity index (χ1) is 11.9. The molecule has 0 amide bonds. The molecular weight excluding hydrogens is 312 g/mol. The second-order valence-electron chi connectivity index (χ2n) is 7.01. The van der Waals surface area contributed by atoms with Crippen molar-refractivity contribution in [2.24, 2.45) is 0 Å². The molecule has 0 fully saturated rings. The third kappa shape index (κ3) is 2.43. The summed E-state index contributed by atoms with van der Waals surface area (Å²) in [5.74, 6) is 0. The van der Waals surface area contributed by atoms with Crippen LogP contribution in [0, 0.1) is 6.92 Å². The molecule has 5 nitrogen and oxygen atoms in total. The number of aromatic amines is 1. The Morgan fingerprint density at radius 1 is 1.20 bits per heavy atom. The molecule has 0 spiro atoms. The predicted octanol–water partition coefficient (Wildman–Crippen LogP) is 3.98. The molecule has 128 valence electrons. The lowest BCUT2D eigenvalue weighted by molar-refractivity contribution is 0.0786. The molecular formula is C20H22N4O. The maximum atomic E-state index is 10.2. The van der Waals surface area contributed by atoms with Gasteiger partial charge in [-0.1, -0.05) is 31.2 Å². The molecule has 5 heteroatoms. The molecule has 0 bridgehead atoms. The summed E-state index contributed by atoms with van der Waals surface area (Å²) in [6.45, 7) is 7.75. The van der Waals surface area contributed by atoms with E-state index in [-0.39, 0.29) is 0 Å². The summed E-state index contributed by atoms with van der Waals surface area (Å²) >= 11 is 0. The topological polar surface area (TPSA) is 66.2 Å². The van der Waals surface area contributed by atoms with Crippen molar-refractivity contribution in [2.75, 3.05) is 0 Å². The maximum absolute atomic E-state index is 10.2. The first-order valence-electron chi connectivity index (χ1n) is 8.56. The summed E-state index contributed by atoms with van der Waals surface area (Å²) in [4.78, 5) is 12.5. The highest BCUT2D eigenvalue weighted by atomic mass is 16.3. The lowest BCUT2D eigenvalue weighted by Gasteiger charge is -2.17. The number of rotatable bonds is 3. The van der Waals surface area contributed by atoms with Gasteiger partial charge in [0.1, 0.15) is 0 Å². The minimum atomic E-state index is -0.839. The van der Waals surface area contributed by atoms with Gasteiger partial charge < -0.3 is 10.1 Å². The molecule has 0 atom stereocenters. The Morgan fingerprint density at radius 3 is 2.56 bits per heavy atom. The third-order valence-corrected chi connectivity index (χ3v) is 4.82. The number of H-pyrrole nitrogens is 1. The first kappa shape index (κ1) is 15.8. The highest BCUT2D eigenvalue weighted by Gasteiger charge is 2.19. The van der Waals surface area contributed by atoms with Gasteiger partial charge in [-0.25, -0.2) is 9.97 Å². The number of aliphatic hydroxyl groups is 1. The van der Waals surface area contributed by atoms with Crippen molar-refractivity contribution >= 4 is 16.7 Å². The monoisotopic (exact) mass is 334 g/mol. The summed E-state index contributed by atoms with van der Waals surface area (Å²) in [6, 6.07) is 8.06. The fraction of sp³-hybridized carbons (Fsp3) is 0.300. The molecule has 0 aliphatic carbocycles. The van der Waals surface area contributed by atoms with Crippen molar-refractivity contribution in [3.05, 3.63) is 53.6 Å².